The standard InChI is InChI=1S/C25H28Cl2N2O9S/c1-39(35,36)11-5-8-21(31)23(38-24(33)18-12-17(26)9-10-19(18)27)28-13-22(32)20(14-30)29-25(34)37-15-16-6-3-2-4-7-16/h2-4,6-7,9-10,12,14,20,22-23,28,32H,5,8,11,13,15H2,1H3,(H,29,34)/t20-,22+,23?/m1/s1. The van der Waals surface area contributed by atoms with Gasteiger partial charge in [0.25, 0.3) is 0 Å². The second-order valence-corrected chi connectivity index (χ2v) is 11.6. The van der Waals surface area contributed by atoms with Gasteiger partial charge in [-0.15, -0.1) is 0 Å². The topological polar surface area (TPSA) is 165 Å². The van der Waals surface area contributed by atoms with Crippen molar-refractivity contribution >= 4 is 57.2 Å². The van der Waals surface area contributed by atoms with Gasteiger partial charge in [0.05, 0.1) is 22.4 Å². The zero-order valence-electron chi connectivity index (χ0n) is 20.8. The van der Waals surface area contributed by atoms with E-state index in [1.807, 2.05) is 0 Å². The van der Waals surface area contributed by atoms with Crippen LogP contribution in [0.25, 0.3) is 0 Å². The van der Waals surface area contributed by atoms with Crippen LogP contribution >= 0.6 is 23.2 Å². The molecule has 1 unspecified atom stereocenters. The van der Waals surface area contributed by atoms with Crippen LogP contribution in [0.1, 0.15) is 28.8 Å². The molecule has 0 aliphatic carbocycles. The van der Waals surface area contributed by atoms with Crippen LogP contribution < -0.4 is 10.6 Å². The molecule has 0 heterocycles. The summed E-state index contributed by atoms with van der Waals surface area (Å²) in [5.41, 5.74) is 0.574. The fourth-order valence-corrected chi connectivity index (χ4v) is 4.20. The zero-order chi connectivity index (χ0) is 29.0. The summed E-state index contributed by atoms with van der Waals surface area (Å²) in [5, 5.41) is 15.4. The number of sulfone groups is 1. The highest BCUT2D eigenvalue weighted by atomic mass is 35.5. The predicted octanol–water partition coefficient (Wildman–Crippen LogP) is 2.31. The first-order chi connectivity index (χ1) is 18.4. The third-order valence-corrected chi connectivity index (χ3v) is 6.77. The number of Topliss-reactive ketones (excluding diaryl/α,β-unsaturated/α-hetero) is 1. The molecule has 0 bridgehead atoms. The second kappa shape index (κ2) is 15.5. The Kier molecular flexibility index (Phi) is 12.8. The number of carbonyl (C=O) groups is 4. The Balaban J connectivity index is 2.03. The molecule has 212 valence electrons. The molecule has 2 aromatic carbocycles. The van der Waals surface area contributed by atoms with E-state index in [9.17, 15) is 32.7 Å². The molecular formula is C25H28Cl2N2O9S. The highest BCUT2D eigenvalue weighted by Gasteiger charge is 2.28. The van der Waals surface area contributed by atoms with Crippen molar-refractivity contribution in [2.45, 2.75) is 37.8 Å². The third kappa shape index (κ3) is 11.7. The minimum absolute atomic E-state index is 0.00643. The first-order valence-electron chi connectivity index (χ1n) is 11.6. The van der Waals surface area contributed by atoms with E-state index in [1.54, 1.807) is 30.3 Å². The number of rotatable bonds is 15. The Bertz CT molecular complexity index is 1260. The number of ketones is 1. The van der Waals surface area contributed by atoms with E-state index in [4.69, 9.17) is 32.7 Å². The Morgan fingerprint density at radius 3 is 2.44 bits per heavy atom. The fraction of sp³-hybridized carbons (Fsp3) is 0.360. The van der Waals surface area contributed by atoms with Crippen LogP contribution in [-0.2, 0) is 35.5 Å². The molecule has 0 aliphatic heterocycles. The van der Waals surface area contributed by atoms with Crippen molar-refractivity contribution < 1.29 is 42.2 Å². The molecule has 0 radical (unpaired) electrons. The van der Waals surface area contributed by atoms with E-state index in [0.717, 1.165) is 6.26 Å². The van der Waals surface area contributed by atoms with Crippen LogP contribution in [0.3, 0.4) is 0 Å². The predicted molar refractivity (Wildman–Crippen MR) is 143 cm³/mol. The van der Waals surface area contributed by atoms with Crippen LogP contribution in [0, 0.1) is 0 Å². The Morgan fingerprint density at radius 1 is 1.10 bits per heavy atom. The quantitative estimate of drug-likeness (QED) is 0.156. The SMILES string of the molecule is CS(=O)(=O)CCCC(=O)C(NC[C@H](O)[C@@H](C=O)NC(=O)OCc1ccccc1)OC(=O)c1cc(Cl)ccc1Cl. The van der Waals surface area contributed by atoms with Crippen LogP contribution in [0.4, 0.5) is 4.79 Å². The molecule has 39 heavy (non-hydrogen) atoms. The summed E-state index contributed by atoms with van der Waals surface area (Å²) in [6.45, 7) is -0.555. The fourth-order valence-electron chi connectivity index (χ4n) is 3.16. The molecule has 0 spiro atoms. The van der Waals surface area contributed by atoms with E-state index in [0.29, 0.717) is 5.56 Å². The molecule has 0 saturated carbocycles. The minimum Gasteiger partial charge on any atom is -0.445 e. The summed E-state index contributed by atoms with van der Waals surface area (Å²) in [6, 6.07) is 11.4. The van der Waals surface area contributed by atoms with Gasteiger partial charge in [-0.1, -0.05) is 53.5 Å². The van der Waals surface area contributed by atoms with E-state index in [1.165, 1.54) is 18.2 Å². The lowest BCUT2D eigenvalue weighted by molar-refractivity contribution is -0.129. The number of nitrogens with one attached hydrogen (secondary N) is 2. The Labute approximate surface area is 235 Å². The maximum Gasteiger partial charge on any atom is 0.408 e. The lowest BCUT2D eigenvalue weighted by atomic mass is 10.1. The zero-order valence-corrected chi connectivity index (χ0v) is 23.2. The van der Waals surface area contributed by atoms with Crippen molar-refractivity contribution in [1.29, 1.82) is 0 Å². The van der Waals surface area contributed by atoms with E-state index >= 15 is 0 Å². The van der Waals surface area contributed by atoms with Gasteiger partial charge in [0.2, 0.25) is 6.23 Å². The third-order valence-electron chi connectivity index (χ3n) is 5.17. The Hall–Kier alpha value is -3.03. The smallest absolute Gasteiger partial charge is 0.408 e. The molecule has 0 saturated heterocycles. The van der Waals surface area contributed by atoms with Gasteiger partial charge in [0, 0.05) is 24.2 Å². The summed E-state index contributed by atoms with van der Waals surface area (Å²) in [6.07, 6.45) is -3.20. The van der Waals surface area contributed by atoms with E-state index in [-0.39, 0.29) is 47.1 Å². The van der Waals surface area contributed by atoms with Crippen molar-refractivity contribution in [2.24, 2.45) is 0 Å². The number of ether oxygens (including phenoxy) is 2. The van der Waals surface area contributed by atoms with Crippen LogP contribution in [0.15, 0.2) is 48.5 Å². The molecule has 11 nitrogen and oxygen atoms in total. The maximum absolute atomic E-state index is 12.8. The van der Waals surface area contributed by atoms with Gasteiger partial charge in [-0.2, -0.15) is 0 Å². The summed E-state index contributed by atoms with van der Waals surface area (Å²) < 4.78 is 33.1. The van der Waals surface area contributed by atoms with Crippen molar-refractivity contribution in [3.63, 3.8) is 0 Å². The first kappa shape index (κ1) is 32.2. The summed E-state index contributed by atoms with van der Waals surface area (Å²) in [7, 11) is -3.34. The second-order valence-electron chi connectivity index (χ2n) is 8.45. The highest BCUT2D eigenvalue weighted by molar-refractivity contribution is 7.90. The van der Waals surface area contributed by atoms with Gasteiger partial charge < -0.3 is 24.7 Å². The Morgan fingerprint density at radius 2 is 1.79 bits per heavy atom. The van der Waals surface area contributed by atoms with Crippen LogP contribution in [0.5, 0.6) is 0 Å². The molecule has 14 heteroatoms. The summed E-state index contributed by atoms with van der Waals surface area (Å²) in [5.74, 6) is -1.99. The van der Waals surface area contributed by atoms with Gasteiger partial charge >= 0.3 is 12.1 Å². The van der Waals surface area contributed by atoms with Crippen LogP contribution in [-0.4, -0.2) is 74.6 Å². The summed E-state index contributed by atoms with van der Waals surface area (Å²) in [4.78, 5) is 49.0. The van der Waals surface area contributed by atoms with Crippen molar-refractivity contribution in [3.05, 3.63) is 69.7 Å². The molecule has 2 aromatic rings. The number of aliphatic hydroxyl groups excluding tert-OH is 1. The number of aldehydes is 1. The number of alkyl carbamates (subject to hydrolysis) is 1. The van der Waals surface area contributed by atoms with Gasteiger partial charge in [-0.25, -0.2) is 18.0 Å². The molecule has 0 aliphatic rings. The van der Waals surface area contributed by atoms with E-state index in [2.05, 4.69) is 10.6 Å². The number of benzene rings is 2. The van der Waals surface area contributed by atoms with Gasteiger partial charge in [-0.3, -0.25) is 10.1 Å². The van der Waals surface area contributed by atoms with Gasteiger partial charge in [0.15, 0.2) is 5.78 Å². The maximum atomic E-state index is 12.8. The van der Waals surface area contributed by atoms with E-state index < -0.39 is 52.6 Å². The van der Waals surface area contributed by atoms with Gasteiger partial charge in [-0.05, 0) is 30.2 Å². The number of amides is 1. The molecule has 3 N–H and O–H groups in total. The highest BCUT2D eigenvalue weighted by Crippen LogP contribution is 2.22. The average molecular weight is 603 g/mol. The van der Waals surface area contributed by atoms with Gasteiger partial charge in [0.1, 0.15) is 28.8 Å². The molecule has 1 amide bonds. The number of esters is 1. The molecule has 0 fully saturated rings. The molecular weight excluding hydrogens is 575 g/mol. The lowest BCUT2D eigenvalue weighted by Gasteiger charge is -2.23. The molecule has 3 atom stereocenters. The largest absolute Gasteiger partial charge is 0.445 e. The monoisotopic (exact) mass is 602 g/mol. The van der Waals surface area contributed by atoms with Crippen LogP contribution in [0.2, 0.25) is 10.0 Å². The normalized spacial score (nSPS) is 13.5. The number of hydrogen-bond donors (Lipinski definition) is 3. The molecule has 0 aromatic heterocycles. The average Bonchev–Trinajstić information content (AvgIpc) is 2.89. The van der Waals surface area contributed by atoms with Crippen molar-refractivity contribution in [1.82, 2.24) is 10.6 Å². The summed E-state index contributed by atoms with van der Waals surface area (Å²) >= 11 is 11.9. The number of halogens is 2. The number of hydrogen-bond acceptors (Lipinski definition) is 10. The van der Waals surface area contributed by atoms with Crippen molar-refractivity contribution in [2.75, 3.05) is 18.6 Å². The first-order valence-corrected chi connectivity index (χ1v) is 14.4. The number of aliphatic hydroxyl groups is 1. The van der Waals surface area contributed by atoms with Crippen molar-refractivity contribution in [3.8, 4) is 0 Å². The lowest BCUT2D eigenvalue weighted by Crippen LogP contribution is -2.52. The molecule has 2 rings (SSSR count). The minimum atomic E-state index is -3.34. The number of carbonyl (C=O) groups excluding carboxylic acids is 4.